The minimum Gasteiger partial charge on any atom is -0.456 e. The molecule has 1 saturated heterocycles. The molecule has 0 atom stereocenters. The minimum atomic E-state index is -0.483. The van der Waals surface area contributed by atoms with Gasteiger partial charge in [0.2, 0.25) is 0 Å². The highest BCUT2D eigenvalue weighted by Gasteiger charge is 2.41. The molecule has 0 aliphatic carbocycles. The third kappa shape index (κ3) is 3.67. The van der Waals surface area contributed by atoms with Crippen LogP contribution in [0.15, 0.2) is 35.6 Å². The van der Waals surface area contributed by atoms with E-state index in [4.69, 9.17) is 21.7 Å². The Labute approximate surface area is 174 Å². The third-order valence-electron chi connectivity index (χ3n) is 4.72. The summed E-state index contributed by atoms with van der Waals surface area (Å²) >= 11 is 5.29. The molecule has 0 aromatic heterocycles. The molecule has 8 heteroatoms. The molecule has 1 fully saturated rings. The van der Waals surface area contributed by atoms with Crippen LogP contribution >= 0.6 is 12.2 Å². The van der Waals surface area contributed by atoms with E-state index in [-0.39, 0.29) is 28.8 Å². The maximum Gasteiger partial charge on any atom is 0.310 e. The summed E-state index contributed by atoms with van der Waals surface area (Å²) in [7, 11) is 0. The van der Waals surface area contributed by atoms with Crippen molar-refractivity contribution in [3.8, 4) is 11.5 Å². The lowest BCUT2D eigenvalue weighted by atomic mass is 10.00. The van der Waals surface area contributed by atoms with E-state index in [2.05, 4.69) is 0 Å². The van der Waals surface area contributed by atoms with Crippen molar-refractivity contribution in [2.75, 3.05) is 13.1 Å². The summed E-state index contributed by atoms with van der Waals surface area (Å²) in [6, 6.07) is 5.03. The first-order valence-electron chi connectivity index (χ1n) is 9.45. The van der Waals surface area contributed by atoms with Gasteiger partial charge >= 0.3 is 5.97 Å². The van der Waals surface area contributed by atoms with Gasteiger partial charge < -0.3 is 9.47 Å². The Morgan fingerprint density at radius 3 is 2.28 bits per heavy atom. The standard InChI is InChI=1S/C21H22N2O5S/c1-5-17(24)27-13-8-9-14-12(4)10-16(28-15(14)11-13)18-19(25)22(6-2)21(29)23(7-3)20(18)26/h8-11H,5-7H2,1-4H3. The van der Waals surface area contributed by atoms with Gasteiger partial charge in [-0.2, -0.15) is 0 Å². The van der Waals surface area contributed by atoms with Gasteiger partial charge in [0.15, 0.2) is 5.11 Å². The average molecular weight is 414 g/mol. The Bertz CT molecular complexity index is 951. The highest BCUT2D eigenvalue weighted by Crippen LogP contribution is 2.37. The van der Waals surface area contributed by atoms with Gasteiger partial charge in [0.25, 0.3) is 11.8 Å². The van der Waals surface area contributed by atoms with Crippen LogP contribution in [0.5, 0.6) is 11.5 Å². The Balaban J connectivity index is 2.07. The molecular formula is C21H22N2O5S. The normalized spacial score (nSPS) is 16.6. The number of hydrogen-bond donors (Lipinski definition) is 0. The smallest absolute Gasteiger partial charge is 0.310 e. The fourth-order valence-corrected chi connectivity index (χ4v) is 3.60. The fraction of sp³-hybridized carbons (Fsp3) is 0.333. The Morgan fingerprint density at radius 2 is 1.72 bits per heavy atom. The second kappa shape index (κ2) is 8.16. The third-order valence-corrected chi connectivity index (χ3v) is 5.17. The molecule has 2 heterocycles. The molecule has 2 aliphatic heterocycles. The monoisotopic (exact) mass is 414 g/mol. The number of carbonyl (C=O) groups excluding carboxylic acids is 3. The van der Waals surface area contributed by atoms with Crippen molar-refractivity contribution in [1.82, 2.24) is 9.80 Å². The molecule has 0 saturated carbocycles. The summed E-state index contributed by atoms with van der Waals surface area (Å²) < 4.78 is 11.2. The molecule has 152 valence electrons. The van der Waals surface area contributed by atoms with Gasteiger partial charge in [0.1, 0.15) is 22.8 Å². The minimum absolute atomic E-state index is 0.0664. The summed E-state index contributed by atoms with van der Waals surface area (Å²) in [5.41, 5.74) is 1.54. The first-order chi connectivity index (χ1) is 13.8. The summed E-state index contributed by atoms with van der Waals surface area (Å²) in [6.07, 6.45) is 1.91. The molecule has 0 radical (unpaired) electrons. The molecule has 1 aromatic carbocycles. The topological polar surface area (TPSA) is 76.2 Å². The average Bonchev–Trinajstić information content (AvgIpc) is 2.68. The summed E-state index contributed by atoms with van der Waals surface area (Å²) in [4.78, 5) is 40.3. The molecule has 0 bridgehead atoms. The Morgan fingerprint density at radius 1 is 1.10 bits per heavy atom. The van der Waals surface area contributed by atoms with Crippen molar-refractivity contribution in [3.63, 3.8) is 0 Å². The van der Waals surface area contributed by atoms with Crippen molar-refractivity contribution >= 4 is 40.7 Å². The second-order valence-corrected chi connectivity index (χ2v) is 6.90. The highest BCUT2D eigenvalue weighted by molar-refractivity contribution is 7.80. The molecule has 2 amide bonds. The maximum atomic E-state index is 13.0. The number of amides is 2. The van der Waals surface area contributed by atoms with Crippen LogP contribution in [-0.2, 0) is 14.4 Å². The van der Waals surface area contributed by atoms with E-state index in [9.17, 15) is 14.4 Å². The van der Waals surface area contributed by atoms with Crippen molar-refractivity contribution in [3.05, 3.63) is 41.2 Å². The number of fused-ring (bicyclic) bond motifs is 1. The molecule has 0 unspecified atom stereocenters. The van der Waals surface area contributed by atoms with Crippen molar-refractivity contribution < 1.29 is 23.9 Å². The number of rotatable bonds is 4. The lowest BCUT2D eigenvalue weighted by Gasteiger charge is -2.36. The SMILES string of the molecule is CCC(=O)Oc1ccc2c(c1)OC(=C1C(=O)N(CC)C(=S)N(CC)C1=O)C=C2C. The number of allylic oxidation sites excluding steroid dienone is 2. The number of carbonyl (C=O) groups is 3. The predicted molar refractivity (Wildman–Crippen MR) is 111 cm³/mol. The number of esters is 1. The first-order valence-corrected chi connectivity index (χ1v) is 9.86. The second-order valence-electron chi connectivity index (χ2n) is 6.54. The van der Waals surface area contributed by atoms with E-state index < -0.39 is 11.8 Å². The zero-order valence-electron chi connectivity index (χ0n) is 16.8. The first kappa shape index (κ1) is 20.7. The van der Waals surface area contributed by atoms with Gasteiger partial charge in [-0.15, -0.1) is 0 Å². The summed E-state index contributed by atoms with van der Waals surface area (Å²) in [5.74, 6) is -0.430. The van der Waals surface area contributed by atoms with E-state index in [0.29, 0.717) is 24.6 Å². The van der Waals surface area contributed by atoms with E-state index >= 15 is 0 Å². The number of ether oxygens (including phenoxy) is 2. The van der Waals surface area contributed by atoms with E-state index in [0.717, 1.165) is 11.1 Å². The molecule has 1 aromatic rings. The molecule has 0 N–H and O–H groups in total. The van der Waals surface area contributed by atoms with Gasteiger partial charge in [-0.3, -0.25) is 24.2 Å². The summed E-state index contributed by atoms with van der Waals surface area (Å²) in [5, 5.41) is 0.194. The number of benzene rings is 1. The van der Waals surface area contributed by atoms with Crippen LogP contribution in [0.25, 0.3) is 5.57 Å². The van der Waals surface area contributed by atoms with Crippen LogP contribution < -0.4 is 9.47 Å². The van der Waals surface area contributed by atoms with Gasteiger partial charge in [-0.25, -0.2) is 0 Å². The molecule has 7 nitrogen and oxygen atoms in total. The zero-order chi connectivity index (χ0) is 21.3. The van der Waals surface area contributed by atoms with Crippen LogP contribution in [0, 0.1) is 0 Å². The van der Waals surface area contributed by atoms with Gasteiger partial charge in [0.05, 0.1) is 0 Å². The van der Waals surface area contributed by atoms with Crippen molar-refractivity contribution in [2.45, 2.75) is 34.1 Å². The number of thiocarbonyl (C=S) groups is 1. The number of hydrogen-bond acceptors (Lipinski definition) is 6. The fourth-order valence-electron chi connectivity index (χ4n) is 3.17. The number of likely N-dealkylation sites (N-methyl/N-ethyl adjacent to an activating group) is 2. The summed E-state index contributed by atoms with van der Waals surface area (Å²) in [6.45, 7) is 7.84. The highest BCUT2D eigenvalue weighted by atomic mass is 32.1. The Hall–Kier alpha value is -3.00. The van der Waals surface area contributed by atoms with E-state index in [1.54, 1.807) is 45.0 Å². The lowest BCUT2D eigenvalue weighted by Crippen LogP contribution is -2.56. The van der Waals surface area contributed by atoms with Gasteiger partial charge in [-0.1, -0.05) is 6.92 Å². The molecule has 2 aliphatic rings. The number of nitrogens with zero attached hydrogens (tertiary/aromatic N) is 2. The van der Waals surface area contributed by atoms with Crippen LogP contribution in [0.2, 0.25) is 0 Å². The lowest BCUT2D eigenvalue weighted by molar-refractivity contribution is -0.135. The molecule has 3 rings (SSSR count). The predicted octanol–water partition coefficient (Wildman–Crippen LogP) is 3.05. The van der Waals surface area contributed by atoms with Crippen molar-refractivity contribution in [1.29, 1.82) is 0 Å². The Kier molecular flexibility index (Phi) is 5.83. The quantitative estimate of drug-likeness (QED) is 0.248. The van der Waals surface area contributed by atoms with Crippen LogP contribution in [0.1, 0.15) is 39.7 Å². The van der Waals surface area contributed by atoms with Crippen LogP contribution in [-0.4, -0.2) is 45.8 Å². The van der Waals surface area contributed by atoms with E-state index in [1.165, 1.54) is 9.80 Å². The maximum absolute atomic E-state index is 13.0. The van der Waals surface area contributed by atoms with Crippen LogP contribution in [0.3, 0.4) is 0 Å². The van der Waals surface area contributed by atoms with Crippen molar-refractivity contribution in [2.24, 2.45) is 0 Å². The molecule has 0 spiro atoms. The van der Waals surface area contributed by atoms with Crippen LogP contribution in [0.4, 0.5) is 0 Å². The molecule has 29 heavy (non-hydrogen) atoms. The van der Waals surface area contributed by atoms with Gasteiger partial charge in [-0.05, 0) is 56.8 Å². The largest absolute Gasteiger partial charge is 0.456 e. The zero-order valence-corrected chi connectivity index (χ0v) is 17.6. The van der Waals surface area contributed by atoms with Gasteiger partial charge in [0, 0.05) is 31.1 Å². The van der Waals surface area contributed by atoms with E-state index in [1.807, 2.05) is 6.92 Å². The molecular weight excluding hydrogens is 392 g/mol.